The maximum atomic E-state index is 5.96. The average molecular weight is 239 g/mol. The Hall–Kier alpha value is -0.120. The Balaban J connectivity index is 1.73. The normalized spacial score (nSPS) is 28.6. The maximum Gasteiger partial charge on any atom is 0.00672 e. The molecule has 1 aliphatic carbocycles. The van der Waals surface area contributed by atoms with E-state index in [1.165, 1.54) is 38.8 Å². The van der Waals surface area contributed by atoms with Gasteiger partial charge in [0.1, 0.15) is 0 Å². The van der Waals surface area contributed by atoms with Gasteiger partial charge in [0, 0.05) is 18.6 Å². The van der Waals surface area contributed by atoms with Crippen LogP contribution in [0.4, 0.5) is 0 Å². The fraction of sp³-hybridized carbons (Fsp3) is 1.00. The summed E-state index contributed by atoms with van der Waals surface area (Å²) in [6, 6.07) is 1.49. The quantitative estimate of drug-likeness (QED) is 0.737. The maximum absolute atomic E-state index is 5.96. The van der Waals surface area contributed by atoms with Crippen LogP contribution in [0.3, 0.4) is 0 Å². The third kappa shape index (κ3) is 3.43. The van der Waals surface area contributed by atoms with Gasteiger partial charge in [0.05, 0.1) is 0 Å². The van der Waals surface area contributed by atoms with E-state index in [1.54, 1.807) is 0 Å². The van der Waals surface area contributed by atoms with E-state index in [4.69, 9.17) is 5.73 Å². The lowest BCUT2D eigenvalue weighted by molar-refractivity contribution is 0.234. The fourth-order valence-electron chi connectivity index (χ4n) is 3.04. The second-order valence-corrected chi connectivity index (χ2v) is 6.17. The molecule has 2 unspecified atom stereocenters. The van der Waals surface area contributed by atoms with Crippen molar-refractivity contribution in [1.82, 2.24) is 10.2 Å². The molecule has 0 aromatic carbocycles. The molecule has 0 aromatic rings. The van der Waals surface area contributed by atoms with Crippen molar-refractivity contribution in [2.45, 2.75) is 51.6 Å². The zero-order chi connectivity index (χ0) is 12.3. The minimum atomic E-state index is 0.680. The van der Waals surface area contributed by atoms with Crippen molar-refractivity contribution in [2.75, 3.05) is 26.2 Å². The van der Waals surface area contributed by atoms with Gasteiger partial charge in [0.15, 0.2) is 0 Å². The summed E-state index contributed by atoms with van der Waals surface area (Å²) in [7, 11) is 0. The predicted octanol–water partition coefficient (Wildman–Crippen LogP) is 1.43. The van der Waals surface area contributed by atoms with Crippen LogP contribution in [-0.2, 0) is 0 Å². The molecule has 1 heterocycles. The van der Waals surface area contributed by atoms with Crippen molar-refractivity contribution in [3.63, 3.8) is 0 Å². The van der Waals surface area contributed by atoms with Gasteiger partial charge in [-0.15, -0.1) is 0 Å². The molecular formula is C14H29N3. The Morgan fingerprint density at radius 3 is 2.53 bits per heavy atom. The largest absolute Gasteiger partial charge is 0.330 e. The molecule has 17 heavy (non-hydrogen) atoms. The number of likely N-dealkylation sites (tertiary alicyclic amines) is 1. The highest BCUT2D eigenvalue weighted by Gasteiger charge is 2.30. The topological polar surface area (TPSA) is 41.3 Å². The van der Waals surface area contributed by atoms with Gasteiger partial charge in [0.2, 0.25) is 0 Å². The Labute approximate surface area is 106 Å². The molecule has 0 spiro atoms. The van der Waals surface area contributed by atoms with E-state index in [1.807, 2.05) is 0 Å². The summed E-state index contributed by atoms with van der Waals surface area (Å²) in [4.78, 5) is 2.59. The summed E-state index contributed by atoms with van der Waals surface area (Å²) < 4.78 is 0. The molecule has 100 valence electrons. The first kappa shape index (κ1) is 13.3. The number of hydrogen-bond acceptors (Lipinski definition) is 3. The van der Waals surface area contributed by atoms with Gasteiger partial charge in [-0.3, -0.25) is 0 Å². The van der Waals surface area contributed by atoms with Gasteiger partial charge in [-0.05, 0) is 64.6 Å². The lowest BCUT2D eigenvalue weighted by Crippen LogP contribution is -2.42. The second-order valence-electron chi connectivity index (χ2n) is 6.17. The highest BCUT2D eigenvalue weighted by atomic mass is 15.2. The van der Waals surface area contributed by atoms with Crippen LogP contribution < -0.4 is 11.1 Å². The van der Waals surface area contributed by atoms with E-state index < -0.39 is 0 Å². The Morgan fingerprint density at radius 1 is 1.29 bits per heavy atom. The van der Waals surface area contributed by atoms with Crippen molar-refractivity contribution in [3.05, 3.63) is 0 Å². The third-order valence-corrected chi connectivity index (χ3v) is 4.73. The molecule has 0 aromatic heterocycles. The molecule has 1 aliphatic heterocycles. The summed E-state index contributed by atoms with van der Waals surface area (Å²) in [6.45, 7) is 9.10. The van der Waals surface area contributed by atoms with Gasteiger partial charge >= 0.3 is 0 Å². The zero-order valence-electron chi connectivity index (χ0n) is 11.5. The molecule has 3 N–H and O–H groups in total. The van der Waals surface area contributed by atoms with E-state index in [2.05, 4.69) is 24.1 Å². The minimum absolute atomic E-state index is 0.680. The smallest absolute Gasteiger partial charge is 0.00672 e. The van der Waals surface area contributed by atoms with Crippen molar-refractivity contribution in [3.8, 4) is 0 Å². The second kappa shape index (κ2) is 6.17. The van der Waals surface area contributed by atoms with E-state index in [-0.39, 0.29) is 0 Å². The molecular weight excluding hydrogens is 210 g/mol. The van der Waals surface area contributed by atoms with Gasteiger partial charge in [0.25, 0.3) is 0 Å². The summed E-state index contributed by atoms with van der Waals surface area (Å²) >= 11 is 0. The van der Waals surface area contributed by atoms with E-state index in [9.17, 15) is 0 Å². The Morgan fingerprint density at radius 2 is 2.06 bits per heavy atom. The van der Waals surface area contributed by atoms with Gasteiger partial charge in [-0.25, -0.2) is 0 Å². The Bertz CT molecular complexity index is 226. The summed E-state index contributed by atoms with van der Waals surface area (Å²) in [5, 5.41) is 3.69. The number of nitrogens with zero attached hydrogens (tertiary/aromatic N) is 1. The zero-order valence-corrected chi connectivity index (χ0v) is 11.5. The van der Waals surface area contributed by atoms with Crippen LogP contribution in [0, 0.1) is 11.8 Å². The molecule has 0 radical (unpaired) electrons. The predicted molar refractivity (Wildman–Crippen MR) is 73.0 cm³/mol. The van der Waals surface area contributed by atoms with E-state index >= 15 is 0 Å². The van der Waals surface area contributed by atoms with Gasteiger partial charge in [-0.2, -0.15) is 0 Å². The molecule has 0 bridgehead atoms. The fourth-order valence-corrected chi connectivity index (χ4v) is 3.04. The highest BCUT2D eigenvalue weighted by molar-refractivity contribution is 4.86. The van der Waals surface area contributed by atoms with E-state index in [0.717, 1.165) is 25.0 Å². The molecule has 2 rings (SSSR count). The van der Waals surface area contributed by atoms with Crippen LogP contribution >= 0.6 is 0 Å². The van der Waals surface area contributed by atoms with Crippen molar-refractivity contribution in [1.29, 1.82) is 0 Å². The monoisotopic (exact) mass is 239 g/mol. The first-order valence-electron chi connectivity index (χ1n) is 7.38. The summed E-state index contributed by atoms with van der Waals surface area (Å²) in [5.74, 6) is 1.49. The average Bonchev–Trinajstić information content (AvgIpc) is 2.71. The van der Waals surface area contributed by atoms with Crippen LogP contribution in [0.25, 0.3) is 0 Å². The van der Waals surface area contributed by atoms with E-state index in [0.29, 0.717) is 12.0 Å². The number of nitrogens with one attached hydrogen (secondary N) is 1. The van der Waals surface area contributed by atoms with Crippen LogP contribution in [0.1, 0.15) is 39.5 Å². The van der Waals surface area contributed by atoms with Crippen LogP contribution in [0.15, 0.2) is 0 Å². The van der Waals surface area contributed by atoms with Crippen LogP contribution in [-0.4, -0.2) is 43.2 Å². The molecule has 3 heteroatoms. The molecule has 2 fully saturated rings. The Kier molecular flexibility index (Phi) is 4.83. The molecule has 2 atom stereocenters. The number of nitrogens with two attached hydrogens (primary N) is 1. The van der Waals surface area contributed by atoms with Gasteiger partial charge in [-0.1, -0.05) is 6.42 Å². The minimum Gasteiger partial charge on any atom is -0.330 e. The van der Waals surface area contributed by atoms with Crippen molar-refractivity contribution in [2.24, 2.45) is 17.6 Å². The highest BCUT2D eigenvalue weighted by Crippen LogP contribution is 2.26. The molecule has 1 saturated carbocycles. The molecule has 1 saturated heterocycles. The SMILES string of the molecule is CC(C)N1CCC(C(CN)CNC2CCC2)C1. The lowest BCUT2D eigenvalue weighted by atomic mass is 9.89. The molecule has 2 aliphatic rings. The lowest BCUT2D eigenvalue weighted by Gasteiger charge is -2.31. The molecule has 0 amide bonds. The first-order valence-corrected chi connectivity index (χ1v) is 7.38. The number of hydrogen-bond donors (Lipinski definition) is 2. The first-order chi connectivity index (χ1) is 8.20. The van der Waals surface area contributed by atoms with Crippen molar-refractivity contribution < 1.29 is 0 Å². The third-order valence-electron chi connectivity index (χ3n) is 4.73. The number of rotatable bonds is 6. The van der Waals surface area contributed by atoms with Crippen LogP contribution in [0.5, 0.6) is 0 Å². The van der Waals surface area contributed by atoms with Crippen molar-refractivity contribution >= 4 is 0 Å². The van der Waals surface area contributed by atoms with Gasteiger partial charge < -0.3 is 16.0 Å². The standard InChI is InChI=1S/C14H29N3/c1-11(2)17-7-6-12(10-17)13(8-15)9-16-14-4-3-5-14/h11-14,16H,3-10,15H2,1-2H3. The summed E-state index contributed by atoms with van der Waals surface area (Å²) in [5.41, 5.74) is 5.96. The van der Waals surface area contributed by atoms with Crippen LogP contribution in [0.2, 0.25) is 0 Å². The summed E-state index contributed by atoms with van der Waals surface area (Å²) in [6.07, 6.45) is 5.50. The molecule has 3 nitrogen and oxygen atoms in total.